The minimum Gasteiger partial charge on any atom is -0.329 e. The third kappa shape index (κ3) is 54.6. The molecule has 0 spiro atoms. The molecule has 67 heavy (non-hydrogen) atoms. The molecule has 0 saturated carbocycles. The van der Waals surface area contributed by atoms with E-state index in [9.17, 15) is 0 Å². The van der Waals surface area contributed by atoms with Crippen LogP contribution in [0.1, 0.15) is 63.5 Å². The predicted molar refractivity (Wildman–Crippen MR) is 294 cm³/mol. The fourth-order valence-electron chi connectivity index (χ4n) is 6.16. The van der Waals surface area contributed by atoms with Crippen molar-refractivity contribution in [2.24, 2.45) is 22.9 Å². The van der Waals surface area contributed by atoms with Crippen LogP contribution in [0.15, 0.2) is 60.7 Å². The maximum absolute atomic E-state index is 5.40. The SMILES string of the molecule is CC(CNCCNCCN)c1ccccc1.CC(CNCCNCCNCCNCCN)c1ccccc1.CCCNCCNCCNCCN.CCCNCCNCCNCCNCCN. The lowest BCUT2D eigenvalue weighted by Gasteiger charge is -2.13. The number of benzene rings is 2. The molecule has 21 N–H and O–H groups in total. The number of rotatable bonds is 45. The maximum Gasteiger partial charge on any atom is 0.00772 e. The molecular formula is C50H109N17. The zero-order chi connectivity index (χ0) is 49.2. The van der Waals surface area contributed by atoms with Crippen molar-refractivity contribution in [2.45, 2.75) is 52.4 Å². The summed E-state index contributed by atoms with van der Waals surface area (Å²) in [6, 6.07) is 21.3. The first-order valence-electron chi connectivity index (χ1n) is 26.1. The minimum atomic E-state index is 0.559. The van der Waals surface area contributed by atoms with Gasteiger partial charge in [-0.05, 0) is 48.9 Å². The lowest BCUT2D eigenvalue weighted by Crippen LogP contribution is -2.36. The summed E-state index contributed by atoms with van der Waals surface area (Å²) >= 11 is 0. The number of hydrogen-bond donors (Lipinski definition) is 17. The van der Waals surface area contributed by atoms with Gasteiger partial charge in [-0.25, -0.2) is 0 Å². The summed E-state index contributed by atoms with van der Waals surface area (Å²) in [6.07, 6.45) is 2.41. The van der Waals surface area contributed by atoms with Crippen LogP contribution in [0.3, 0.4) is 0 Å². The minimum absolute atomic E-state index is 0.559. The Balaban J connectivity index is 0. The van der Waals surface area contributed by atoms with Crippen molar-refractivity contribution in [3.63, 3.8) is 0 Å². The lowest BCUT2D eigenvalue weighted by molar-refractivity contribution is 0.555. The van der Waals surface area contributed by atoms with Gasteiger partial charge in [0.2, 0.25) is 0 Å². The Bertz CT molecular complexity index is 1120. The van der Waals surface area contributed by atoms with Crippen molar-refractivity contribution in [1.82, 2.24) is 69.1 Å². The van der Waals surface area contributed by atoms with E-state index in [2.05, 4.69) is 157 Å². The molecular weight excluding hydrogens is 839 g/mol. The Kier molecular flexibility index (Phi) is 59.7. The van der Waals surface area contributed by atoms with Crippen molar-refractivity contribution < 1.29 is 0 Å². The lowest BCUT2D eigenvalue weighted by atomic mass is 10.0. The first kappa shape index (κ1) is 66.8. The quantitative estimate of drug-likeness (QED) is 0.0351. The van der Waals surface area contributed by atoms with Crippen molar-refractivity contribution >= 4 is 0 Å². The zero-order valence-corrected chi connectivity index (χ0v) is 43.4. The standard InChI is InChI=1S/C17H33N5.C13H23N3.C11H29N5.C9H24N4/c1-16(17-5-3-2-4-6-17)15-22-14-13-21-12-11-20-10-9-19-8-7-18;1-12(13-5-3-2-4-6-13)11-16-10-9-15-8-7-14;1-2-4-13-6-8-15-10-11-16-9-7-14-5-3-12;1-2-4-11-6-8-13-9-7-12-5-3-10/h2-6,16,19-22H,7-15,18H2,1H3;2-6,12,15-16H,7-11,14H2,1H3;13-16H,2-12H2,1H3;11-13H,2-10H2,1H3. The highest BCUT2D eigenvalue weighted by atomic mass is 15.0. The summed E-state index contributed by atoms with van der Waals surface area (Å²) in [5.74, 6) is 1.12. The normalized spacial score (nSPS) is 11.8. The second-order valence-electron chi connectivity index (χ2n) is 16.4. The van der Waals surface area contributed by atoms with E-state index in [1.807, 2.05) is 0 Å². The molecule has 17 nitrogen and oxygen atoms in total. The van der Waals surface area contributed by atoms with Gasteiger partial charge in [0.1, 0.15) is 0 Å². The average molecular weight is 949 g/mol. The molecule has 2 atom stereocenters. The van der Waals surface area contributed by atoms with Gasteiger partial charge in [0.15, 0.2) is 0 Å². The Hall–Kier alpha value is -2.24. The monoisotopic (exact) mass is 948 g/mol. The third-order valence-corrected chi connectivity index (χ3v) is 10.1. The third-order valence-electron chi connectivity index (χ3n) is 10.1. The Morgan fingerprint density at radius 1 is 0.284 bits per heavy atom. The molecule has 0 aliphatic rings. The first-order valence-corrected chi connectivity index (χ1v) is 26.1. The highest BCUT2D eigenvalue weighted by Crippen LogP contribution is 2.13. The fourth-order valence-corrected chi connectivity index (χ4v) is 6.16. The summed E-state index contributed by atoms with van der Waals surface area (Å²) in [4.78, 5) is 0. The molecule has 0 amide bonds. The van der Waals surface area contributed by atoms with Crippen molar-refractivity contribution in [2.75, 3.05) is 196 Å². The fraction of sp³-hybridized carbons (Fsp3) is 0.760. The average Bonchev–Trinajstić information content (AvgIpc) is 3.36. The summed E-state index contributed by atoms with van der Waals surface area (Å²) in [6.45, 7) is 37.9. The Labute approximate surface area is 411 Å². The van der Waals surface area contributed by atoms with Crippen molar-refractivity contribution in [3.8, 4) is 0 Å². The highest BCUT2D eigenvalue weighted by Gasteiger charge is 2.04. The van der Waals surface area contributed by atoms with E-state index in [4.69, 9.17) is 22.9 Å². The van der Waals surface area contributed by atoms with E-state index in [0.29, 0.717) is 31.5 Å². The largest absolute Gasteiger partial charge is 0.329 e. The molecule has 2 aromatic carbocycles. The molecule has 394 valence electrons. The molecule has 2 aromatic rings. The summed E-state index contributed by atoms with van der Waals surface area (Å²) < 4.78 is 0. The van der Waals surface area contributed by atoms with Crippen LogP contribution >= 0.6 is 0 Å². The van der Waals surface area contributed by atoms with Crippen molar-refractivity contribution in [1.29, 1.82) is 0 Å². The molecule has 0 bridgehead atoms. The van der Waals surface area contributed by atoms with Gasteiger partial charge < -0.3 is 92.1 Å². The van der Waals surface area contributed by atoms with Gasteiger partial charge >= 0.3 is 0 Å². The van der Waals surface area contributed by atoms with Crippen LogP contribution in [0.2, 0.25) is 0 Å². The van der Waals surface area contributed by atoms with Crippen LogP contribution in [-0.4, -0.2) is 196 Å². The molecule has 0 aromatic heterocycles. The van der Waals surface area contributed by atoms with Crippen LogP contribution in [0, 0.1) is 0 Å². The first-order chi connectivity index (χ1) is 33.0. The smallest absolute Gasteiger partial charge is 0.00772 e. The molecule has 0 fully saturated rings. The van der Waals surface area contributed by atoms with Gasteiger partial charge in [-0.15, -0.1) is 0 Å². The molecule has 0 radical (unpaired) electrons. The number of nitrogens with one attached hydrogen (secondary N) is 13. The van der Waals surface area contributed by atoms with Crippen molar-refractivity contribution in [3.05, 3.63) is 71.8 Å². The highest BCUT2D eigenvalue weighted by molar-refractivity contribution is 5.19. The van der Waals surface area contributed by atoms with E-state index < -0.39 is 0 Å². The van der Waals surface area contributed by atoms with Gasteiger partial charge in [-0.2, -0.15) is 0 Å². The molecule has 2 unspecified atom stereocenters. The Morgan fingerprint density at radius 3 is 0.687 bits per heavy atom. The summed E-state index contributed by atoms with van der Waals surface area (Å²) in [5.41, 5.74) is 24.3. The van der Waals surface area contributed by atoms with Gasteiger partial charge in [0.05, 0.1) is 0 Å². The second-order valence-corrected chi connectivity index (χ2v) is 16.4. The van der Waals surface area contributed by atoms with E-state index in [-0.39, 0.29) is 0 Å². The molecule has 0 saturated heterocycles. The van der Waals surface area contributed by atoms with E-state index in [0.717, 1.165) is 177 Å². The predicted octanol–water partition coefficient (Wildman–Crippen LogP) is -1.13. The zero-order valence-electron chi connectivity index (χ0n) is 43.4. The van der Waals surface area contributed by atoms with Gasteiger partial charge in [0.25, 0.3) is 0 Å². The van der Waals surface area contributed by atoms with Gasteiger partial charge in [-0.3, -0.25) is 0 Å². The van der Waals surface area contributed by atoms with Crippen LogP contribution in [0.4, 0.5) is 0 Å². The molecule has 0 aliphatic carbocycles. The van der Waals surface area contributed by atoms with Crippen LogP contribution in [0.25, 0.3) is 0 Å². The second kappa shape index (κ2) is 59.9. The van der Waals surface area contributed by atoms with Crippen LogP contribution in [-0.2, 0) is 0 Å². The van der Waals surface area contributed by atoms with E-state index in [1.165, 1.54) is 24.0 Å². The Morgan fingerprint density at radius 2 is 0.478 bits per heavy atom. The van der Waals surface area contributed by atoms with Gasteiger partial charge in [-0.1, -0.05) is 88.4 Å². The van der Waals surface area contributed by atoms with E-state index >= 15 is 0 Å². The summed E-state index contributed by atoms with van der Waals surface area (Å²) in [5, 5.41) is 43.5. The molecule has 2 rings (SSSR count). The molecule has 0 heterocycles. The van der Waals surface area contributed by atoms with Gasteiger partial charge in [0, 0.05) is 183 Å². The topological polar surface area (TPSA) is 260 Å². The van der Waals surface area contributed by atoms with E-state index in [1.54, 1.807) is 0 Å². The number of hydrogen-bond acceptors (Lipinski definition) is 17. The van der Waals surface area contributed by atoms with Crippen LogP contribution in [0.5, 0.6) is 0 Å². The van der Waals surface area contributed by atoms with Crippen LogP contribution < -0.4 is 92.1 Å². The number of nitrogens with two attached hydrogens (primary N) is 4. The molecule has 17 heteroatoms. The summed E-state index contributed by atoms with van der Waals surface area (Å²) in [7, 11) is 0. The molecule has 0 aliphatic heterocycles. The maximum atomic E-state index is 5.40.